The van der Waals surface area contributed by atoms with E-state index in [9.17, 15) is 0 Å². The van der Waals surface area contributed by atoms with Crippen molar-refractivity contribution in [3.8, 4) is 0 Å². The fraction of sp³-hybridized carbons (Fsp3) is 0.167. The summed E-state index contributed by atoms with van der Waals surface area (Å²) in [7, 11) is 0. The first-order valence-corrected chi connectivity index (χ1v) is 6.54. The Bertz CT molecular complexity index is 481. The van der Waals surface area contributed by atoms with Gasteiger partial charge in [0.05, 0.1) is 0 Å². The molecule has 0 atom stereocenters. The van der Waals surface area contributed by atoms with Crippen molar-refractivity contribution in [1.29, 1.82) is 0 Å². The fourth-order valence-corrected chi connectivity index (χ4v) is 3.10. The molecular formula is C12H12S2. The van der Waals surface area contributed by atoms with Gasteiger partial charge in [-0.25, -0.2) is 0 Å². The van der Waals surface area contributed by atoms with E-state index in [1.807, 2.05) is 36.5 Å². The zero-order valence-corrected chi connectivity index (χ0v) is 9.91. The average Bonchev–Trinajstić information content (AvgIpc) is 2.88. The first-order valence-electron chi connectivity index (χ1n) is 4.78. The van der Waals surface area contributed by atoms with Gasteiger partial charge in [0.2, 0.25) is 0 Å². The van der Waals surface area contributed by atoms with Crippen molar-refractivity contribution < 1.29 is 0 Å². The van der Waals surface area contributed by atoms with Crippen LogP contribution in [0.3, 0.4) is 0 Å². The third-order valence-corrected chi connectivity index (χ3v) is 3.83. The van der Waals surface area contributed by atoms with Crippen molar-refractivity contribution in [2.24, 2.45) is 0 Å². The molecule has 72 valence electrons. The van der Waals surface area contributed by atoms with Crippen LogP contribution in [0.5, 0.6) is 0 Å². The maximum absolute atomic E-state index is 2.21. The lowest BCUT2D eigenvalue weighted by Gasteiger charge is -1.90. The molecular weight excluding hydrogens is 208 g/mol. The number of benzene rings is 1. The highest BCUT2D eigenvalue weighted by molar-refractivity contribution is 7.19. The molecule has 0 unspecified atom stereocenters. The lowest BCUT2D eigenvalue weighted by molar-refractivity contribution is 1.50. The summed E-state index contributed by atoms with van der Waals surface area (Å²) < 4.78 is 2.78. The molecule has 0 amide bonds. The molecule has 0 aliphatic rings. The normalized spacial score (nSPS) is 10.1. The van der Waals surface area contributed by atoms with E-state index in [-0.39, 0.29) is 0 Å². The van der Waals surface area contributed by atoms with Gasteiger partial charge in [-0.1, -0.05) is 13.8 Å². The molecule has 0 spiro atoms. The first kappa shape index (κ1) is 9.69. The second-order valence-corrected chi connectivity index (χ2v) is 4.63. The number of rotatable bonds is 0. The van der Waals surface area contributed by atoms with E-state index in [4.69, 9.17) is 0 Å². The molecule has 0 radical (unpaired) electrons. The van der Waals surface area contributed by atoms with E-state index in [0.29, 0.717) is 0 Å². The van der Waals surface area contributed by atoms with E-state index in [2.05, 4.69) is 35.0 Å². The van der Waals surface area contributed by atoms with Crippen LogP contribution in [0, 0.1) is 0 Å². The SMILES string of the molecule is CC.c1cc2c(ccc3sccc32)s1. The summed E-state index contributed by atoms with van der Waals surface area (Å²) >= 11 is 3.62. The lowest BCUT2D eigenvalue weighted by atomic mass is 10.2. The summed E-state index contributed by atoms with van der Waals surface area (Å²) in [5.74, 6) is 0. The number of hydrogen-bond donors (Lipinski definition) is 0. The third kappa shape index (κ3) is 1.45. The van der Waals surface area contributed by atoms with Gasteiger partial charge in [0, 0.05) is 20.2 Å². The molecule has 0 N–H and O–H groups in total. The molecule has 1 aromatic carbocycles. The van der Waals surface area contributed by atoms with E-state index in [1.54, 1.807) is 0 Å². The Labute approximate surface area is 91.8 Å². The van der Waals surface area contributed by atoms with Gasteiger partial charge in [-0.3, -0.25) is 0 Å². The highest BCUT2D eigenvalue weighted by Crippen LogP contribution is 2.31. The Morgan fingerprint density at radius 1 is 0.714 bits per heavy atom. The number of hydrogen-bond acceptors (Lipinski definition) is 2. The summed E-state index contributed by atoms with van der Waals surface area (Å²) in [5.41, 5.74) is 0. The van der Waals surface area contributed by atoms with Gasteiger partial charge in [-0.05, 0) is 35.0 Å². The molecule has 0 nitrogen and oxygen atoms in total. The van der Waals surface area contributed by atoms with Gasteiger partial charge in [-0.15, -0.1) is 22.7 Å². The molecule has 0 fully saturated rings. The monoisotopic (exact) mass is 220 g/mol. The molecule has 3 rings (SSSR count). The molecule has 0 bridgehead atoms. The molecule has 2 aromatic heterocycles. The van der Waals surface area contributed by atoms with Gasteiger partial charge < -0.3 is 0 Å². The van der Waals surface area contributed by atoms with Crippen molar-refractivity contribution in [3.05, 3.63) is 35.0 Å². The molecule has 0 aliphatic heterocycles. The van der Waals surface area contributed by atoms with Crippen LogP contribution < -0.4 is 0 Å². The molecule has 0 saturated heterocycles. The summed E-state index contributed by atoms with van der Waals surface area (Å²) in [6.45, 7) is 4.00. The molecule has 2 heterocycles. The molecule has 3 aromatic rings. The van der Waals surface area contributed by atoms with Gasteiger partial charge in [0.1, 0.15) is 0 Å². The highest BCUT2D eigenvalue weighted by atomic mass is 32.1. The van der Waals surface area contributed by atoms with Crippen molar-refractivity contribution in [2.45, 2.75) is 13.8 Å². The third-order valence-electron chi connectivity index (χ3n) is 2.07. The predicted molar refractivity (Wildman–Crippen MR) is 68.6 cm³/mol. The van der Waals surface area contributed by atoms with Crippen molar-refractivity contribution >= 4 is 42.8 Å². The predicted octanol–water partition coefficient (Wildman–Crippen LogP) is 5.14. The van der Waals surface area contributed by atoms with Crippen LogP contribution in [0.2, 0.25) is 0 Å². The summed E-state index contributed by atoms with van der Waals surface area (Å²) in [4.78, 5) is 0. The van der Waals surface area contributed by atoms with E-state index >= 15 is 0 Å². The fourth-order valence-electron chi connectivity index (χ4n) is 1.50. The number of fused-ring (bicyclic) bond motifs is 3. The van der Waals surface area contributed by atoms with Gasteiger partial charge in [0.15, 0.2) is 0 Å². The summed E-state index contributed by atoms with van der Waals surface area (Å²) in [5, 5.41) is 7.11. The van der Waals surface area contributed by atoms with E-state index in [0.717, 1.165) is 0 Å². The van der Waals surface area contributed by atoms with Gasteiger partial charge in [0.25, 0.3) is 0 Å². The molecule has 0 saturated carbocycles. The average molecular weight is 220 g/mol. The van der Waals surface area contributed by atoms with E-state index < -0.39 is 0 Å². The van der Waals surface area contributed by atoms with Gasteiger partial charge in [-0.2, -0.15) is 0 Å². The Balaban J connectivity index is 0.000000354. The lowest BCUT2D eigenvalue weighted by Crippen LogP contribution is -1.62. The maximum Gasteiger partial charge on any atom is 0.0349 e. The smallest absolute Gasteiger partial charge is 0.0349 e. The minimum absolute atomic E-state index is 1.39. The minimum Gasteiger partial charge on any atom is -0.144 e. The molecule has 14 heavy (non-hydrogen) atoms. The van der Waals surface area contributed by atoms with Crippen molar-refractivity contribution in [3.63, 3.8) is 0 Å². The topological polar surface area (TPSA) is 0 Å². The quantitative estimate of drug-likeness (QED) is 0.492. The Kier molecular flexibility index (Phi) is 2.85. The van der Waals surface area contributed by atoms with Crippen LogP contribution in [0.25, 0.3) is 20.2 Å². The Hall–Kier alpha value is -0.860. The van der Waals surface area contributed by atoms with Gasteiger partial charge >= 0.3 is 0 Å². The molecule has 0 aliphatic carbocycles. The second kappa shape index (κ2) is 4.11. The van der Waals surface area contributed by atoms with Crippen LogP contribution in [0.4, 0.5) is 0 Å². The minimum atomic E-state index is 1.39. The van der Waals surface area contributed by atoms with Crippen LogP contribution in [0.15, 0.2) is 35.0 Å². The first-order chi connectivity index (χ1) is 6.95. The Morgan fingerprint density at radius 3 is 1.57 bits per heavy atom. The van der Waals surface area contributed by atoms with Crippen LogP contribution in [0.1, 0.15) is 13.8 Å². The standard InChI is InChI=1S/C10H6S2.C2H6/c1-2-10-8(4-6-12-10)7-3-5-11-9(1)7;1-2/h1-6H;1-2H3. The summed E-state index contributed by atoms with van der Waals surface area (Å²) in [6, 6.07) is 8.82. The highest BCUT2D eigenvalue weighted by Gasteiger charge is 2.00. The van der Waals surface area contributed by atoms with Crippen LogP contribution in [-0.2, 0) is 0 Å². The second-order valence-electron chi connectivity index (χ2n) is 2.73. The van der Waals surface area contributed by atoms with E-state index in [1.165, 1.54) is 20.2 Å². The van der Waals surface area contributed by atoms with Crippen molar-refractivity contribution in [1.82, 2.24) is 0 Å². The Morgan fingerprint density at radius 2 is 1.14 bits per heavy atom. The zero-order chi connectivity index (χ0) is 9.97. The number of thiophene rings is 2. The van der Waals surface area contributed by atoms with Crippen molar-refractivity contribution in [2.75, 3.05) is 0 Å². The van der Waals surface area contributed by atoms with Crippen LogP contribution >= 0.6 is 22.7 Å². The maximum atomic E-state index is 2.21. The zero-order valence-electron chi connectivity index (χ0n) is 8.28. The summed E-state index contributed by atoms with van der Waals surface area (Å²) in [6.07, 6.45) is 0. The molecule has 2 heteroatoms. The van der Waals surface area contributed by atoms with Crippen LogP contribution in [-0.4, -0.2) is 0 Å². The largest absolute Gasteiger partial charge is 0.144 e.